The van der Waals surface area contributed by atoms with Crippen LogP contribution in [-0.4, -0.2) is 17.9 Å². The van der Waals surface area contributed by atoms with Crippen LogP contribution in [0.4, 0.5) is 20.2 Å². The van der Waals surface area contributed by atoms with Crippen molar-refractivity contribution in [1.82, 2.24) is 0 Å². The first-order valence-corrected chi connectivity index (χ1v) is 10.0. The van der Waals surface area contributed by atoms with E-state index in [1.54, 1.807) is 24.3 Å². The van der Waals surface area contributed by atoms with Gasteiger partial charge in [0.05, 0.1) is 17.4 Å². The zero-order chi connectivity index (χ0) is 22.8. The second-order valence-corrected chi connectivity index (χ2v) is 7.50. The number of carbonyl (C=O) groups excluding carboxylic acids is 2. The molecule has 4 rings (SSSR count). The van der Waals surface area contributed by atoms with Crippen molar-refractivity contribution in [2.45, 2.75) is 20.0 Å². The minimum Gasteiger partial charge on any atom is -0.491 e. The Kier molecular flexibility index (Phi) is 5.73. The van der Waals surface area contributed by atoms with Gasteiger partial charge >= 0.3 is 0 Å². The van der Waals surface area contributed by atoms with Crippen LogP contribution in [0.1, 0.15) is 19.4 Å². The lowest BCUT2D eigenvalue weighted by molar-refractivity contribution is -0.120. The molecule has 32 heavy (non-hydrogen) atoms. The zero-order valence-corrected chi connectivity index (χ0v) is 17.4. The lowest BCUT2D eigenvalue weighted by Crippen LogP contribution is -2.32. The van der Waals surface area contributed by atoms with E-state index in [9.17, 15) is 18.4 Å². The zero-order valence-electron chi connectivity index (χ0n) is 17.4. The summed E-state index contributed by atoms with van der Waals surface area (Å²) in [6.07, 6.45) is -0.0195. The molecule has 0 bridgehead atoms. The molecule has 1 aliphatic rings. The number of amides is 2. The molecular weight excluding hydrogens is 414 g/mol. The van der Waals surface area contributed by atoms with Crippen molar-refractivity contribution in [3.8, 4) is 5.75 Å². The van der Waals surface area contributed by atoms with Crippen LogP contribution in [0.2, 0.25) is 0 Å². The highest BCUT2D eigenvalue weighted by atomic mass is 19.1. The molecule has 2 amide bonds. The summed E-state index contributed by atoms with van der Waals surface area (Å²) in [5.41, 5.74) is 1.18. The Balaban J connectivity index is 1.77. The molecule has 0 saturated heterocycles. The predicted octanol–water partition coefficient (Wildman–Crippen LogP) is 5.15. The van der Waals surface area contributed by atoms with Gasteiger partial charge in [-0.2, -0.15) is 0 Å². The molecule has 3 aromatic rings. The molecule has 0 atom stereocenters. The summed E-state index contributed by atoms with van der Waals surface area (Å²) in [5.74, 6) is -1.61. The number of ether oxygens (including phenoxy) is 1. The van der Waals surface area contributed by atoms with Crippen LogP contribution in [0.3, 0.4) is 0 Å². The summed E-state index contributed by atoms with van der Waals surface area (Å²) in [4.78, 5) is 27.5. The van der Waals surface area contributed by atoms with Gasteiger partial charge in [0.15, 0.2) is 0 Å². The molecule has 1 N–H and O–H groups in total. The highest BCUT2D eigenvalue weighted by molar-refractivity contribution is 6.46. The summed E-state index contributed by atoms with van der Waals surface area (Å²) in [5, 5.41) is 2.93. The molecule has 3 aromatic carbocycles. The first-order chi connectivity index (χ1) is 15.3. The van der Waals surface area contributed by atoms with E-state index in [1.165, 1.54) is 42.5 Å². The van der Waals surface area contributed by atoms with Crippen molar-refractivity contribution in [3.05, 3.63) is 95.7 Å². The standard InChI is InChI=1S/C25H20F2N2O3/c1-15(2)32-21-12-6-16(7-13-21)22-23(28-19-10-8-17(26)9-11-19)25(31)29(24(22)30)20-5-3-4-18(27)14-20/h3-15,28H,1-2H3. The number of nitrogens with zero attached hydrogens (tertiary/aromatic N) is 1. The molecule has 162 valence electrons. The number of hydrogen-bond donors (Lipinski definition) is 1. The quantitative estimate of drug-likeness (QED) is 0.546. The maximum absolute atomic E-state index is 13.8. The minimum atomic E-state index is -0.637. The molecule has 0 unspecified atom stereocenters. The number of anilines is 2. The summed E-state index contributed by atoms with van der Waals surface area (Å²) in [7, 11) is 0. The number of nitrogens with one attached hydrogen (secondary N) is 1. The number of halogens is 2. The molecule has 5 nitrogen and oxygen atoms in total. The number of benzene rings is 3. The Bertz CT molecular complexity index is 1200. The Morgan fingerprint density at radius 1 is 0.844 bits per heavy atom. The lowest BCUT2D eigenvalue weighted by Gasteiger charge is -2.15. The second-order valence-electron chi connectivity index (χ2n) is 7.50. The summed E-state index contributed by atoms with van der Waals surface area (Å²) in [6, 6.07) is 17.4. The molecule has 0 aromatic heterocycles. The van der Waals surface area contributed by atoms with Crippen LogP contribution in [0.25, 0.3) is 5.57 Å². The van der Waals surface area contributed by atoms with E-state index in [0.29, 0.717) is 17.0 Å². The van der Waals surface area contributed by atoms with E-state index in [-0.39, 0.29) is 23.1 Å². The highest BCUT2D eigenvalue weighted by Crippen LogP contribution is 2.34. The first kappa shape index (κ1) is 21.2. The fourth-order valence-corrected chi connectivity index (χ4v) is 3.41. The van der Waals surface area contributed by atoms with E-state index in [4.69, 9.17) is 4.74 Å². The van der Waals surface area contributed by atoms with Crippen molar-refractivity contribution in [2.75, 3.05) is 10.2 Å². The third kappa shape index (κ3) is 4.23. The van der Waals surface area contributed by atoms with Gasteiger partial charge in [0.1, 0.15) is 23.1 Å². The Labute approximate surface area is 183 Å². The smallest absolute Gasteiger partial charge is 0.282 e. The normalized spacial score (nSPS) is 13.8. The van der Waals surface area contributed by atoms with Crippen molar-refractivity contribution in [3.63, 3.8) is 0 Å². The molecular formula is C25H20F2N2O3. The minimum absolute atomic E-state index is 0.0170. The second kappa shape index (κ2) is 8.63. The van der Waals surface area contributed by atoms with E-state index >= 15 is 0 Å². The van der Waals surface area contributed by atoms with E-state index in [1.807, 2.05) is 13.8 Å². The van der Waals surface area contributed by atoms with Gasteiger partial charge in [-0.3, -0.25) is 9.59 Å². The number of hydrogen-bond acceptors (Lipinski definition) is 4. The van der Waals surface area contributed by atoms with E-state index < -0.39 is 23.4 Å². The molecule has 0 fully saturated rings. The van der Waals surface area contributed by atoms with Gasteiger partial charge in [0.25, 0.3) is 11.8 Å². The van der Waals surface area contributed by atoms with Crippen LogP contribution < -0.4 is 15.0 Å². The maximum atomic E-state index is 13.8. The Morgan fingerprint density at radius 2 is 1.53 bits per heavy atom. The molecule has 1 aliphatic heterocycles. The Morgan fingerprint density at radius 3 is 2.16 bits per heavy atom. The monoisotopic (exact) mass is 434 g/mol. The highest BCUT2D eigenvalue weighted by Gasteiger charge is 2.40. The average molecular weight is 434 g/mol. The van der Waals surface area contributed by atoms with Crippen molar-refractivity contribution in [1.29, 1.82) is 0 Å². The van der Waals surface area contributed by atoms with Crippen molar-refractivity contribution in [2.24, 2.45) is 0 Å². The van der Waals surface area contributed by atoms with Crippen LogP contribution in [-0.2, 0) is 9.59 Å². The first-order valence-electron chi connectivity index (χ1n) is 10.0. The number of carbonyl (C=O) groups is 2. The molecule has 0 aliphatic carbocycles. The fraction of sp³-hybridized carbons (Fsp3) is 0.120. The fourth-order valence-electron chi connectivity index (χ4n) is 3.41. The topological polar surface area (TPSA) is 58.6 Å². The van der Waals surface area contributed by atoms with E-state index in [2.05, 4.69) is 5.32 Å². The number of imide groups is 1. The Hall–Kier alpha value is -4.00. The van der Waals surface area contributed by atoms with Gasteiger partial charge in [-0.05, 0) is 74.0 Å². The predicted molar refractivity (Wildman–Crippen MR) is 118 cm³/mol. The molecule has 7 heteroatoms. The molecule has 0 spiro atoms. The van der Waals surface area contributed by atoms with Gasteiger partial charge < -0.3 is 10.1 Å². The van der Waals surface area contributed by atoms with Gasteiger partial charge in [0, 0.05) is 5.69 Å². The number of rotatable bonds is 6. The SMILES string of the molecule is CC(C)Oc1ccc(C2=C(Nc3ccc(F)cc3)C(=O)N(c3cccc(F)c3)C2=O)cc1. The third-order valence-electron chi connectivity index (χ3n) is 4.78. The van der Waals surface area contributed by atoms with Gasteiger partial charge in [-0.1, -0.05) is 18.2 Å². The van der Waals surface area contributed by atoms with Gasteiger partial charge in [-0.15, -0.1) is 0 Å². The summed E-state index contributed by atoms with van der Waals surface area (Å²) in [6.45, 7) is 3.80. The van der Waals surface area contributed by atoms with Gasteiger partial charge in [0.2, 0.25) is 0 Å². The molecule has 0 radical (unpaired) electrons. The maximum Gasteiger partial charge on any atom is 0.282 e. The molecule has 0 saturated carbocycles. The summed E-state index contributed by atoms with van der Waals surface area (Å²) >= 11 is 0. The lowest BCUT2D eigenvalue weighted by atomic mass is 10.0. The molecule has 1 heterocycles. The average Bonchev–Trinajstić information content (AvgIpc) is 2.99. The van der Waals surface area contributed by atoms with Crippen LogP contribution >= 0.6 is 0 Å². The van der Waals surface area contributed by atoms with Gasteiger partial charge in [-0.25, -0.2) is 13.7 Å². The largest absolute Gasteiger partial charge is 0.491 e. The summed E-state index contributed by atoms with van der Waals surface area (Å²) < 4.78 is 32.8. The van der Waals surface area contributed by atoms with Crippen LogP contribution in [0.15, 0.2) is 78.5 Å². The van der Waals surface area contributed by atoms with Crippen LogP contribution in [0.5, 0.6) is 5.75 Å². The van der Waals surface area contributed by atoms with E-state index in [0.717, 1.165) is 11.0 Å². The van der Waals surface area contributed by atoms with Crippen molar-refractivity contribution >= 4 is 28.8 Å². The third-order valence-corrected chi connectivity index (χ3v) is 4.78. The van der Waals surface area contributed by atoms with Crippen molar-refractivity contribution < 1.29 is 23.1 Å². The van der Waals surface area contributed by atoms with Crippen LogP contribution in [0, 0.1) is 11.6 Å².